The predicted octanol–water partition coefficient (Wildman–Crippen LogP) is 5.03. The number of aryl methyl sites for hydroxylation is 1. The zero-order valence-corrected chi connectivity index (χ0v) is 18.9. The number of hydrogen-bond donors (Lipinski definition) is 4. The van der Waals surface area contributed by atoms with Gasteiger partial charge in [0.25, 0.3) is 5.91 Å². The van der Waals surface area contributed by atoms with E-state index in [2.05, 4.69) is 21.3 Å². The van der Waals surface area contributed by atoms with E-state index in [0.29, 0.717) is 22.6 Å². The van der Waals surface area contributed by atoms with Gasteiger partial charge in [-0.05, 0) is 61.4 Å². The summed E-state index contributed by atoms with van der Waals surface area (Å²) in [6.45, 7) is 5.69. The Labute approximate surface area is 193 Å². The summed E-state index contributed by atoms with van der Waals surface area (Å²) in [5.41, 5.74) is 3.38. The zero-order chi connectivity index (χ0) is 23.8. The summed E-state index contributed by atoms with van der Waals surface area (Å²) in [5, 5.41) is 11.1. The lowest BCUT2D eigenvalue weighted by atomic mass is 10.0. The molecule has 3 rings (SSSR count). The second kappa shape index (κ2) is 10.9. The molecule has 0 aliphatic rings. The average Bonchev–Trinajstić information content (AvgIpc) is 2.79. The molecule has 0 radical (unpaired) electrons. The third kappa shape index (κ3) is 6.93. The van der Waals surface area contributed by atoms with E-state index >= 15 is 0 Å². The maximum atomic E-state index is 12.8. The van der Waals surface area contributed by atoms with Gasteiger partial charge >= 0.3 is 6.03 Å². The van der Waals surface area contributed by atoms with Crippen LogP contribution in [0.4, 0.5) is 21.9 Å². The molecule has 0 saturated heterocycles. The van der Waals surface area contributed by atoms with E-state index in [1.807, 2.05) is 51.1 Å². The van der Waals surface area contributed by atoms with Gasteiger partial charge < -0.3 is 21.3 Å². The molecular formula is C26H28N4O3. The topological polar surface area (TPSA) is 99.3 Å². The molecule has 0 fully saturated rings. The second-order valence-corrected chi connectivity index (χ2v) is 8.07. The molecule has 170 valence electrons. The fourth-order valence-electron chi connectivity index (χ4n) is 3.14. The molecule has 1 atom stereocenters. The highest BCUT2D eigenvalue weighted by atomic mass is 16.2. The van der Waals surface area contributed by atoms with Crippen LogP contribution >= 0.6 is 0 Å². The molecule has 1 unspecified atom stereocenters. The summed E-state index contributed by atoms with van der Waals surface area (Å²) >= 11 is 0. The molecule has 0 aliphatic carbocycles. The molecule has 33 heavy (non-hydrogen) atoms. The number of urea groups is 1. The number of amides is 4. The van der Waals surface area contributed by atoms with Crippen LogP contribution in [-0.2, 0) is 4.79 Å². The van der Waals surface area contributed by atoms with Crippen molar-refractivity contribution >= 4 is 34.9 Å². The SMILES string of the molecule is Cc1ccc(C(=O)NC(C(=O)Nc2ccc(NC(=O)Nc3ccccc3)cc2)C(C)C)cc1. The first kappa shape index (κ1) is 23.5. The van der Waals surface area contributed by atoms with Crippen molar-refractivity contribution in [1.29, 1.82) is 0 Å². The number of para-hydroxylation sites is 1. The maximum Gasteiger partial charge on any atom is 0.323 e. The Bertz CT molecular complexity index is 1090. The first-order chi connectivity index (χ1) is 15.8. The van der Waals surface area contributed by atoms with Crippen LogP contribution in [0.25, 0.3) is 0 Å². The van der Waals surface area contributed by atoms with Crippen molar-refractivity contribution in [3.05, 3.63) is 90.0 Å². The number of benzene rings is 3. The molecule has 0 saturated carbocycles. The number of hydrogen-bond acceptors (Lipinski definition) is 3. The van der Waals surface area contributed by atoms with Crippen molar-refractivity contribution in [2.45, 2.75) is 26.8 Å². The largest absolute Gasteiger partial charge is 0.340 e. The lowest BCUT2D eigenvalue weighted by molar-refractivity contribution is -0.118. The molecule has 4 amide bonds. The van der Waals surface area contributed by atoms with Gasteiger partial charge in [0.15, 0.2) is 0 Å². The van der Waals surface area contributed by atoms with Crippen molar-refractivity contribution in [1.82, 2.24) is 5.32 Å². The average molecular weight is 445 g/mol. The van der Waals surface area contributed by atoms with Crippen molar-refractivity contribution in [2.24, 2.45) is 5.92 Å². The third-order valence-electron chi connectivity index (χ3n) is 4.99. The van der Waals surface area contributed by atoms with Gasteiger partial charge in [0.1, 0.15) is 6.04 Å². The van der Waals surface area contributed by atoms with E-state index in [-0.39, 0.29) is 23.8 Å². The minimum Gasteiger partial charge on any atom is -0.340 e. The monoisotopic (exact) mass is 444 g/mol. The summed E-state index contributed by atoms with van der Waals surface area (Å²) in [4.78, 5) is 37.5. The number of carbonyl (C=O) groups excluding carboxylic acids is 3. The molecule has 3 aromatic rings. The van der Waals surface area contributed by atoms with E-state index in [1.165, 1.54) is 0 Å². The van der Waals surface area contributed by atoms with Crippen LogP contribution in [0.1, 0.15) is 29.8 Å². The molecule has 0 bridgehead atoms. The van der Waals surface area contributed by atoms with E-state index in [9.17, 15) is 14.4 Å². The molecule has 0 heterocycles. The normalized spacial score (nSPS) is 11.4. The van der Waals surface area contributed by atoms with Gasteiger partial charge in [0, 0.05) is 22.6 Å². The minimum absolute atomic E-state index is 0.109. The number of anilines is 3. The molecular weight excluding hydrogens is 416 g/mol. The van der Waals surface area contributed by atoms with Gasteiger partial charge in [-0.25, -0.2) is 4.79 Å². The summed E-state index contributed by atoms with van der Waals surface area (Å²) < 4.78 is 0. The Kier molecular flexibility index (Phi) is 7.81. The molecule has 0 aromatic heterocycles. The highest BCUT2D eigenvalue weighted by molar-refractivity contribution is 6.02. The number of nitrogens with one attached hydrogen (secondary N) is 4. The first-order valence-electron chi connectivity index (χ1n) is 10.7. The lowest BCUT2D eigenvalue weighted by Gasteiger charge is -2.22. The Morgan fingerprint density at radius 1 is 0.667 bits per heavy atom. The summed E-state index contributed by atoms with van der Waals surface area (Å²) in [7, 11) is 0. The van der Waals surface area contributed by atoms with E-state index in [1.54, 1.807) is 48.5 Å². The van der Waals surface area contributed by atoms with Gasteiger partial charge in [-0.2, -0.15) is 0 Å². The smallest absolute Gasteiger partial charge is 0.323 e. The fourth-order valence-corrected chi connectivity index (χ4v) is 3.14. The van der Waals surface area contributed by atoms with Gasteiger partial charge in [0.05, 0.1) is 0 Å². The highest BCUT2D eigenvalue weighted by Gasteiger charge is 2.24. The number of carbonyl (C=O) groups is 3. The van der Waals surface area contributed by atoms with Crippen molar-refractivity contribution in [3.63, 3.8) is 0 Å². The van der Waals surface area contributed by atoms with Crippen molar-refractivity contribution in [3.8, 4) is 0 Å². The first-order valence-corrected chi connectivity index (χ1v) is 10.7. The minimum atomic E-state index is -0.701. The standard InChI is InChI=1S/C26H28N4O3/c1-17(2)23(30-24(31)19-11-9-18(3)10-12-19)25(32)27-21-13-15-22(16-14-21)29-26(33)28-20-7-5-4-6-8-20/h4-17,23H,1-3H3,(H,27,32)(H,30,31)(H2,28,29,33). The van der Waals surface area contributed by atoms with E-state index < -0.39 is 6.04 Å². The predicted molar refractivity (Wildman–Crippen MR) is 131 cm³/mol. The van der Waals surface area contributed by atoms with Crippen LogP contribution in [0.15, 0.2) is 78.9 Å². The summed E-state index contributed by atoms with van der Waals surface area (Å²) in [5.74, 6) is -0.720. The molecule has 0 aliphatic heterocycles. The van der Waals surface area contributed by atoms with Crippen LogP contribution in [0.5, 0.6) is 0 Å². The quantitative estimate of drug-likeness (QED) is 0.411. The van der Waals surface area contributed by atoms with Crippen molar-refractivity contribution in [2.75, 3.05) is 16.0 Å². The Hall–Kier alpha value is -4.13. The lowest BCUT2D eigenvalue weighted by Crippen LogP contribution is -2.47. The van der Waals surface area contributed by atoms with E-state index in [0.717, 1.165) is 5.56 Å². The fraction of sp³-hybridized carbons (Fsp3) is 0.192. The van der Waals surface area contributed by atoms with E-state index in [4.69, 9.17) is 0 Å². The Morgan fingerprint density at radius 3 is 1.73 bits per heavy atom. The van der Waals surface area contributed by atoms with Crippen LogP contribution < -0.4 is 21.3 Å². The van der Waals surface area contributed by atoms with Crippen LogP contribution in [0.2, 0.25) is 0 Å². The summed E-state index contributed by atoms with van der Waals surface area (Å²) in [6.07, 6.45) is 0. The molecule has 3 aromatic carbocycles. The van der Waals surface area contributed by atoms with Gasteiger partial charge in [-0.15, -0.1) is 0 Å². The van der Waals surface area contributed by atoms with Crippen LogP contribution in [0, 0.1) is 12.8 Å². The van der Waals surface area contributed by atoms with Crippen molar-refractivity contribution < 1.29 is 14.4 Å². The molecule has 7 heteroatoms. The Morgan fingerprint density at radius 2 is 1.18 bits per heavy atom. The third-order valence-corrected chi connectivity index (χ3v) is 4.99. The molecule has 0 spiro atoms. The molecule has 7 nitrogen and oxygen atoms in total. The number of rotatable bonds is 7. The zero-order valence-electron chi connectivity index (χ0n) is 18.9. The maximum absolute atomic E-state index is 12.8. The van der Waals surface area contributed by atoms with Gasteiger partial charge in [0.2, 0.25) is 5.91 Å². The van der Waals surface area contributed by atoms with Crippen LogP contribution in [0.3, 0.4) is 0 Å². The Balaban J connectivity index is 1.57. The second-order valence-electron chi connectivity index (χ2n) is 8.07. The highest BCUT2D eigenvalue weighted by Crippen LogP contribution is 2.16. The van der Waals surface area contributed by atoms with Crippen LogP contribution in [-0.4, -0.2) is 23.9 Å². The summed E-state index contributed by atoms with van der Waals surface area (Å²) in [6, 6.07) is 22.0. The van der Waals surface area contributed by atoms with Gasteiger partial charge in [-0.3, -0.25) is 9.59 Å². The molecule has 4 N–H and O–H groups in total. The van der Waals surface area contributed by atoms with Gasteiger partial charge in [-0.1, -0.05) is 49.7 Å².